The summed E-state index contributed by atoms with van der Waals surface area (Å²) in [6.07, 6.45) is -1.96. The first-order valence-electron chi connectivity index (χ1n) is 16.4. The standard InChI is InChI=1S/C31H51NO12S.2K/c1-15(4-7-22(34)32-14-45(40,41)42)18-5-6-19-23-20(9-11-31(18,19)3)30(2)10-8-17(12-16(30)13-21(23)33)43-29-26(37)24(35)25(36)27(44-29)28(38)39;;/h15-21,23-27,29,33,35-37H,4-14H2,1-3H3,(H,32,34)(H,38,39)(H,40,41,42);;/q;2*+1/p-2/t15-,16-,17-,18-,19+,20+,21-,23+,24?,25+,26-,27+,29-,30+,31-;;/m1../s1. The SMILES string of the molecule is C[C@H](CCC(=O)NCS(=O)(=O)[O-])[C@H]1CC[C@H]2[C@@H]3[C@H](O)C[C@H]4C[C@H](O[C@@H]5O[C@H](C(=O)[O-])[C@@H](O)C(O)[C@H]5O)CC[C@]4(C)[C@H]3CC[C@]12C.[K+].[K+]. The van der Waals surface area contributed by atoms with Gasteiger partial charge in [0.05, 0.1) is 18.2 Å². The molecule has 0 aromatic rings. The molecule has 15 atom stereocenters. The third-order valence-corrected chi connectivity index (χ3v) is 13.3. The van der Waals surface area contributed by atoms with Crippen LogP contribution in [0.15, 0.2) is 0 Å². The normalized spacial score (nSPS) is 45.2. The van der Waals surface area contributed by atoms with Crippen LogP contribution in [0.4, 0.5) is 0 Å². The molecule has 0 spiro atoms. The molecule has 0 radical (unpaired) electrons. The number of amides is 1. The van der Waals surface area contributed by atoms with Gasteiger partial charge in [-0.25, -0.2) is 8.42 Å². The Hall–Kier alpha value is 1.88. The molecule has 258 valence electrons. The predicted octanol–water partition coefficient (Wildman–Crippen LogP) is -6.40. The monoisotopic (exact) mass is 737 g/mol. The van der Waals surface area contributed by atoms with E-state index in [-0.39, 0.29) is 144 Å². The summed E-state index contributed by atoms with van der Waals surface area (Å²) in [5.74, 6) is -1.52. The van der Waals surface area contributed by atoms with E-state index in [0.717, 1.165) is 32.1 Å². The topological polar surface area (TPSA) is 226 Å². The fourth-order valence-electron chi connectivity index (χ4n) is 10.4. The Morgan fingerprint density at radius 3 is 2.23 bits per heavy atom. The average Bonchev–Trinajstić information content (AvgIpc) is 3.32. The molecule has 47 heavy (non-hydrogen) atoms. The second-order valence-electron chi connectivity index (χ2n) is 15.1. The average molecular weight is 738 g/mol. The molecule has 5 aliphatic rings. The van der Waals surface area contributed by atoms with Crippen molar-refractivity contribution in [1.82, 2.24) is 5.32 Å². The Bertz CT molecular complexity index is 1230. The third kappa shape index (κ3) is 8.99. The molecule has 13 nitrogen and oxygen atoms in total. The first kappa shape index (κ1) is 43.3. The minimum atomic E-state index is -4.52. The van der Waals surface area contributed by atoms with Crippen LogP contribution in [0.3, 0.4) is 0 Å². The number of aliphatic hydroxyl groups is 4. The van der Waals surface area contributed by atoms with Crippen LogP contribution in [-0.2, 0) is 29.2 Å². The van der Waals surface area contributed by atoms with Crippen LogP contribution < -0.4 is 113 Å². The van der Waals surface area contributed by atoms with Gasteiger partial charge in [-0.1, -0.05) is 20.8 Å². The molecule has 4 saturated carbocycles. The van der Waals surface area contributed by atoms with Crippen LogP contribution >= 0.6 is 0 Å². The number of carboxylic acid groups (broad SMARTS) is 1. The molecule has 16 heteroatoms. The van der Waals surface area contributed by atoms with E-state index in [1.165, 1.54) is 0 Å². The van der Waals surface area contributed by atoms with Crippen molar-refractivity contribution in [2.75, 3.05) is 5.88 Å². The second-order valence-corrected chi connectivity index (χ2v) is 16.5. The van der Waals surface area contributed by atoms with Crippen molar-refractivity contribution >= 4 is 22.0 Å². The zero-order valence-corrected chi connectivity index (χ0v) is 35.3. The van der Waals surface area contributed by atoms with E-state index in [1.807, 2.05) is 0 Å². The first-order chi connectivity index (χ1) is 21.0. The number of carbonyl (C=O) groups excluding carboxylic acids is 2. The number of hydrogen-bond acceptors (Lipinski definition) is 12. The number of fused-ring (bicyclic) bond motifs is 5. The van der Waals surface area contributed by atoms with Gasteiger partial charge in [0, 0.05) is 6.42 Å². The number of rotatable bonds is 9. The van der Waals surface area contributed by atoms with Gasteiger partial charge in [-0.2, -0.15) is 0 Å². The van der Waals surface area contributed by atoms with Gasteiger partial charge in [0.1, 0.15) is 40.4 Å². The maximum Gasteiger partial charge on any atom is 1.00 e. The molecule has 0 bridgehead atoms. The van der Waals surface area contributed by atoms with Gasteiger partial charge in [-0.3, -0.25) is 4.79 Å². The Labute approximate surface area is 362 Å². The van der Waals surface area contributed by atoms with Crippen LogP contribution in [0.1, 0.15) is 85.0 Å². The van der Waals surface area contributed by atoms with Crippen molar-refractivity contribution in [2.24, 2.45) is 46.3 Å². The fourth-order valence-corrected chi connectivity index (χ4v) is 10.8. The molecule has 1 unspecified atom stereocenters. The number of hydrogen-bond donors (Lipinski definition) is 5. The molecule has 5 fully saturated rings. The van der Waals surface area contributed by atoms with E-state index in [9.17, 15) is 48.1 Å². The largest absolute Gasteiger partial charge is 1.00 e. The van der Waals surface area contributed by atoms with Crippen LogP contribution in [0, 0.1) is 46.3 Å². The zero-order chi connectivity index (χ0) is 33.1. The van der Waals surface area contributed by atoms with Gasteiger partial charge in [0.2, 0.25) is 5.91 Å². The fraction of sp³-hybridized carbons (Fsp3) is 0.935. The summed E-state index contributed by atoms with van der Waals surface area (Å²) in [6, 6.07) is 0. The van der Waals surface area contributed by atoms with Gasteiger partial charge in [0.15, 0.2) is 6.29 Å². The maximum absolute atomic E-state index is 12.2. The number of aliphatic carboxylic acids is 1. The van der Waals surface area contributed by atoms with Gasteiger partial charge in [-0.15, -0.1) is 0 Å². The molecule has 0 aromatic carbocycles. The summed E-state index contributed by atoms with van der Waals surface area (Å²) in [5.41, 5.74) is -0.0284. The van der Waals surface area contributed by atoms with E-state index in [0.29, 0.717) is 43.4 Å². The second kappa shape index (κ2) is 16.9. The Balaban J connectivity index is 0.00000300. The summed E-state index contributed by atoms with van der Waals surface area (Å²) in [7, 11) is -4.52. The molecule has 0 aromatic heterocycles. The quantitative estimate of drug-likeness (QED) is 0.0847. The number of ether oxygens (including phenoxy) is 2. The minimum absolute atomic E-state index is 0. The number of aliphatic hydroxyl groups excluding tert-OH is 4. The van der Waals surface area contributed by atoms with E-state index >= 15 is 0 Å². The van der Waals surface area contributed by atoms with E-state index in [2.05, 4.69) is 26.1 Å². The maximum atomic E-state index is 12.2. The van der Waals surface area contributed by atoms with Crippen molar-refractivity contribution in [2.45, 2.75) is 128 Å². The number of nitrogens with one attached hydrogen (secondary N) is 1. The van der Waals surface area contributed by atoms with Crippen molar-refractivity contribution in [3.8, 4) is 0 Å². The van der Waals surface area contributed by atoms with Gasteiger partial charge in [0.25, 0.3) is 0 Å². The Kier molecular flexibility index (Phi) is 15.6. The summed E-state index contributed by atoms with van der Waals surface area (Å²) in [6.45, 7) is 6.78. The molecule has 1 aliphatic heterocycles. The molecule has 1 heterocycles. The van der Waals surface area contributed by atoms with Crippen molar-refractivity contribution in [3.05, 3.63) is 0 Å². The number of carbonyl (C=O) groups is 2. The van der Waals surface area contributed by atoms with Crippen molar-refractivity contribution in [1.29, 1.82) is 0 Å². The van der Waals surface area contributed by atoms with Crippen LogP contribution in [0.25, 0.3) is 0 Å². The minimum Gasteiger partial charge on any atom is -0.747 e. The smallest absolute Gasteiger partial charge is 0.747 e. The predicted molar refractivity (Wildman–Crippen MR) is 154 cm³/mol. The summed E-state index contributed by atoms with van der Waals surface area (Å²) in [5, 5.41) is 55.9. The molecule has 5 rings (SSSR count). The van der Waals surface area contributed by atoms with Gasteiger partial charge >= 0.3 is 103 Å². The van der Waals surface area contributed by atoms with E-state index < -0.39 is 64.7 Å². The molecule has 1 amide bonds. The van der Waals surface area contributed by atoms with Gasteiger partial charge in [-0.05, 0) is 104 Å². The molecular formula is C31H49K2NO12S. The number of carboxylic acids is 1. The van der Waals surface area contributed by atoms with Crippen molar-refractivity contribution < 1.29 is 160 Å². The molecule has 1 saturated heterocycles. The molecule has 5 N–H and O–H groups in total. The van der Waals surface area contributed by atoms with Crippen molar-refractivity contribution in [3.63, 3.8) is 0 Å². The summed E-state index contributed by atoms with van der Waals surface area (Å²) >= 11 is 0. The van der Waals surface area contributed by atoms with Crippen LogP contribution in [0.2, 0.25) is 0 Å². The third-order valence-electron chi connectivity index (χ3n) is 12.8. The summed E-state index contributed by atoms with van der Waals surface area (Å²) < 4.78 is 43.9. The zero-order valence-electron chi connectivity index (χ0n) is 28.2. The van der Waals surface area contributed by atoms with Crippen LogP contribution in [-0.4, -0.2) is 94.1 Å². The summed E-state index contributed by atoms with van der Waals surface area (Å²) in [4.78, 5) is 23.6. The Morgan fingerprint density at radius 1 is 0.957 bits per heavy atom. The van der Waals surface area contributed by atoms with Gasteiger partial charge < -0.3 is 49.7 Å². The van der Waals surface area contributed by atoms with E-state index in [4.69, 9.17) is 9.47 Å². The molecular weight excluding hydrogens is 689 g/mol. The molecule has 4 aliphatic carbocycles. The Morgan fingerprint density at radius 2 is 1.60 bits per heavy atom. The first-order valence-corrected chi connectivity index (χ1v) is 18.0. The van der Waals surface area contributed by atoms with E-state index in [1.54, 1.807) is 0 Å². The van der Waals surface area contributed by atoms with Crippen LogP contribution in [0.5, 0.6) is 0 Å².